The Bertz CT molecular complexity index is 1720. The molecule has 2 heterocycles. The van der Waals surface area contributed by atoms with Crippen molar-refractivity contribution < 1.29 is 14.6 Å². The summed E-state index contributed by atoms with van der Waals surface area (Å²) in [6.45, 7) is 4.03. The minimum Gasteiger partial charge on any atom is -0.481 e. The van der Waals surface area contributed by atoms with Crippen molar-refractivity contribution in [3.8, 4) is 28.3 Å². The summed E-state index contributed by atoms with van der Waals surface area (Å²) in [5, 5.41) is 21.1. The van der Waals surface area contributed by atoms with Crippen LogP contribution in [-0.4, -0.2) is 50.0 Å². The molecule has 1 saturated carbocycles. The normalized spacial score (nSPS) is 16.6. The van der Waals surface area contributed by atoms with Gasteiger partial charge in [-0.3, -0.25) is 9.59 Å². The number of benzene rings is 2. The summed E-state index contributed by atoms with van der Waals surface area (Å²) in [4.78, 5) is 34.3. The number of anilines is 1. The molecule has 0 bridgehead atoms. The van der Waals surface area contributed by atoms with Crippen molar-refractivity contribution >= 4 is 23.2 Å². The molecule has 43 heavy (non-hydrogen) atoms. The zero-order valence-electron chi connectivity index (χ0n) is 24.6. The highest BCUT2D eigenvalue weighted by molar-refractivity contribution is 6.36. The quantitative estimate of drug-likeness (QED) is 0.261. The molecule has 0 aliphatic heterocycles. The molecular weight excluding hydrogens is 568 g/mol. The van der Waals surface area contributed by atoms with Gasteiger partial charge >= 0.3 is 0 Å². The van der Waals surface area contributed by atoms with Gasteiger partial charge < -0.3 is 20.5 Å². The van der Waals surface area contributed by atoms with Gasteiger partial charge in [-0.2, -0.15) is 5.10 Å². The minimum absolute atomic E-state index is 0.0588. The van der Waals surface area contributed by atoms with E-state index in [4.69, 9.17) is 21.3 Å². The fourth-order valence-electron chi connectivity index (χ4n) is 5.50. The largest absolute Gasteiger partial charge is 0.481 e. The van der Waals surface area contributed by atoms with Gasteiger partial charge in [0.15, 0.2) is 5.69 Å². The van der Waals surface area contributed by atoms with Crippen LogP contribution in [0.4, 0.5) is 5.69 Å². The summed E-state index contributed by atoms with van der Waals surface area (Å²) in [7, 11) is 3.07. The highest BCUT2D eigenvalue weighted by Crippen LogP contribution is 2.39. The van der Waals surface area contributed by atoms with Crippen LogP contribution in [0.25, 0.3) is 22.4 Å². The maximum Gasteiger partial charge on any atom is 0.298 e. The number of ether oxygens (including phenoxy) is 1. The second-order valence-electron chi connectivity index (χ2n) is 10.7. The van der Waals surface area contributed by atoms with Crippen LogP contribution in [0.3, 0.4) is 0 Å². The number of carbonyl (C=O) groups excluding carboxylic acids is 1. The second-order valence-corrected chi connectivity index (χ2v) is 11.1. The zero-order chi connectivity index (χ0) is 30.7. The number of aromatic nitrogens is 4. The summed E-state index contributed by atoms with van der Waals surface area (Å²) in [6, 6.07) is 15.2. The molecule has 2 aromatic heterocycles. The van der Waals surface area contributed by atoms with Gasteiger partial charge in [-0.15, -0.1) is 0 Å². The van der Waals surface area contributed by atoms with E-state index < -0.39 is 11.5 Å². The van der Waals surface area contributed by atoms with Gasteiger partial charge in [0.1, 0.15) is 5.82 Å². The molecule has 1 fully saturated rings. The number of halogens is 1. The number of aliphatic hydroxyl groups is 1. The Morgan fingerprint density at radius 2 is 1.77 bits per heavy atom. The minimum atomic E-state index is -0.616. The Labute approximate surface area is 255 Å². The van der Waals surface area contributed by atoms with E-state index in [0.29, 0.717) is 34.7 Å². The number of hydrogen-bond donors (Lipinski definition) is 3. The van der Waals surface area contributed by atoms with Gasteiger partial charge in [0.05, 0.1) is 23.9 Å². The summed E-state index contributed by atoms with van der Waals surface area (Å²) < 4.78 is 6.73. The highest BCUT2D eigenvalue weighted by atomic mass is 35.5. The van der Waals surface area contributed by atoms with E-state index in [9.17, 15) is 14.7 Å². The zero-order valence-corrected chi connectivity index (χ0v) is 25.4. The number of carbonyl (C=O) groups is 1. The summed E-state index contributed by atoms with van der Waals surface area (Å²) in [5.74, 6) is 0.192. The number of aryl methyl sites for hydroxylation is 2. The summed E-state index contributed by atoms with van der Waals surface area (Å²) in [5.41, 5.74) is 4.35. The number of rotatable bonds is 8. The first-order valence-corrected chi connectivity index (χ1v) is 14.6. The third-order valence-corrected chi connectivity index (χ3v) is 8.25. The lowest BCUT2D eigenvalue weighted by Gasteiger charge is -2.28. The van der Waals surface area contributed by atoms with E-state index >= 15 is 0 Å². The van der Waals surface area contributed by atoms with Crippen molar-refractivity contribution in [2.75, 3.05) is 12.4 Å². The van der Waals surface area contributed by atoms with Crippen LogP contribution in [0, 0.1) is 13.8 Å². The van der Waals surface area contributed by atoms with Gasteiger partial charge in [0.25, 0.3) is 11.5 Å². The number of aliphatic hydroxyl groups excluding tert-OH is 1. The Morgan fingerprint density at radius 3 is 2.53 bits per heavy atom. The number of nitrogens with one attached hydrogen (secondary N) is 2. The van der Waals surface area contributed by atoms with Crippen molar-refractivity contribution in [2.24, 2.45) is 7.05 Å². The van der Waals surface area contributed by atoms with Gasteiger partial charge in [-0.1, -0.05) is 60.8 Å². The van der Waals surface area contributed by atoms with Gasteiger partial charge in [0.2, 0.25) is 5.88 Å². The van der Waals surface area contributed by atoms with Gasteiger partial charge in [0, 0.05) is 42.0 Å². The molecular formula is C32H35ClN6O4. The molecule has 0 saturated heterocycles. The first kappa shape index (κ1) is 30.3. The Morgan fingerprint density at radius 1 is 1.05 bits per heavy atom. The summed E-state index contributed by atoms with van der Waals surface area (Å²) in [6.07, 6.45) is 3.58. The van der Waals surface area contributed by atoms with E-state index in [0.717, 1.165) is 58.2 Å². The van der Waals surface area contributed by atoms with Crippen molar-refractivity contribution in [1.82, 2.24) is 25.1 Å². The Balaban J connectivity index is 1.41. The molecule has 224 valence electrons. The lowest BCUT2D eigenvalue weighted by Crippen LogP contribution is -2.41. The van der Waals surface area contributed by atoms with E-state index in [2.05, 4.69) is 20.7 Å². The second kappa shape index (κ2) is 13.0. The molecule has 1 unspecified atom stereocenters. The molecule has 1 aliphatic rings. The first-order chi connectivity index (χ1) is 20.7. The number of pyridine rings is 1. The number of methoxy groups -OCH3 is 1. The maximum absolute atomic E-state index is 13.0. The van der Waals surface area contributed by atoms with Crippen molar-refractivity contribution in [1.29, 1.82) is 0 Å². The Hall–Kier alpha value is -4.12. The number of nitrogens with zero attached hydrogens (tertiary/aromatic N) is 4. The van der Waals surface area contributed by atoms with Crippen LogP contribution in [0.1, 0.15) is 53.1 Å². The lowest BCUT2D eigenvalue weighted by molar-refractivity contribution is 0.0901. The Kier molecular flexibility index (Phi) is 9.19. The molecule has 10 nitrogen and oxygen atoms in total. The van der Waals surface area contributed by atoms with Crippen molar-refractivity contribution in [3.63, 3.8) is 0 Å². The first-order valence-electron chi connectivity index (χ1n) is 14.3. The number of hydrogen-bond acceptors (Lipinski definition) is 8. The average Bonchev–Trinajstić information content (AvgIpc) is 3.00. The van der Waals surface area contributed by atoms with E-state index in [1.807, 2.05) is 49.4 Å². The molecule has 3 N–H and O–H groups in total. The van der Waals surface area contributed by atoms with Gasteiger partial charge in [-0.25, -0.2) is 14.6 Å². The van der Waals surface area contributed by atoms with Crippen molar-refractivity contribution in [2.45, 2.75) is 58.2 Å². The van der Waals surface area contributed by atoms with E-state index in [1.54, 1.807) is 20.1 Å². The third kappa shape index (κ3) is 6.46. The van der Waals surface area contributed by atoms with Crippen LogP contribution in [0.2, 0.25) is 5.02 Å². The monoisotopic (exact) mass is 602 g/mol. The number of amides is 1. The van der Waals surface area contributed by atoms with Crippen LogP contribution in [-0.2, 0) is 13.6 Å². The molecule has 0 spiro atoms. The molecule has 1 aliphatic carbocycles. The fourth-order valence-corrected chi connectivity index (χ4v) is 5.82. The highest BCUT2D eigenvalue weighted by Gasteiger charge is 2.23. The van der Waals surface area contributed by atoms with E-state index in [1.165, 1.54) is 7.05 Å². The SMILES string of the molecule is COc1nc(-c2cccc(-c3cccc(NC(=O)c4nc(C)nn(C)c4=O)c3C)c2Cl)ccc1CNC1CCCC[C@@H]1O. The predicted molar refractivity (Wildman–Crippen MR) is 166 cm³/mol. The van der Waals surface area contributed by atoms with Crippen LogP contribution >= 0.6 is 11.6 Å². The van der Waals surface area contributed by atoms with Crippen molar-refractivity contribution in [3.05, 3.63) is 86.6 Å². The average molecular weight is 603 g/mol. The maximum atomic E-state index is 13.0. The van der Waals surface area contributed by atoms with Gasteiger partial charge in [-0.05, 0) is 49.9 Å². The topological polar surface area (TPSA) is 131 Å². The van der Waals surface area contributed by atoms with Crippen LogP contribution < -0.4 is 20.9 Å². The third-order valence-electron chi connectivity index (χ3n) is 7.84. The fraction of sp³-hybridized carbons (Fsp3) is 0.344. The van der Waals surface area contributed by atoms with Crippen LogP contribution in [0.5, 0.6) is 5.88 Å². The molecule has 4 aromatic rings. The molecule has 0 radical (unpaired) electrons. The molecule has 5 rings (SSSR count). The molecule has 2 aromatic carbocycles. The molecule has 1 amide bonds. The van der Waals surface area contributed by atoms with Crippen LogP contribution in [0.15, 0.2) is 53.3 Å². The lowest BCUT2D eigenvalue weighted by atomic mass is 9.92. The molecule has 11 heteroatoms. The smallest absolute Gasteiger partial charge is 0.298 e. The standard InChI is InChI=1S/C32H35ClN6O4/c1-18-21(9-8-13-24(18)36-30(41)29-32(42)39(3)38-19(2)35-29)22-10-7-11-23(28(22)33)25-16-15-20(31(37-25)43-4)17-34-26-12-5-6-14-27(26)40/h7-11,13,15-16,26-27,34,40H,5-6,12,14,17H2,1-4H3,(H,36,41)/t26?,27-/m0/s1. The molecule has 2 atom stereocenters. The summed E-state index contributed by atoms with van der Waals surface area (Å²) >= 11 is 7.00. The predicted octanol–water partition coefficient (Wildman–Crippen LogP) is 4.83. The van der Waals surface area contributed by atoms with E-state index in [-0.39, 0.29) is 17.8 Å².